The molecule has 1 aromatic carbocycles. The maximum absolute atomic E-state index is 11.7. The fourth-order valence-electron chi connectivity index (χ4n) is 1.36. The van der Waals surface area contributed by atoms with Crippen molar-refractivity contribution in [1.82, 2.24) is 0 Å². The van der Waals surface area contributed by atoms with E-state index in [0.717, 1.165) is 0 Å². The molecule has 1 aromatic heterocycles. The molecule has 0 atom stereocenters. The highest BCUT2D eigenvalue weighted by Gasteiger charge is 2.01. The summed E-state index contributed by atoms with van der Waals surface area (Å²) in [6.45, 7) is 0. The first-order valence-corrected chi connectivity index (χ1v) is 5.09. The number of pyridine rings is 1. The van der Waals surface area contributed by atoms with Crippen LogP contribution >= 0.6 is 0 Å². The average molecular weight is 246 g/mol. The van der Waals surface area contributed by atoms with Gasteiger partial charge in [-0.3, -0.25) is 4.79 Å². The number of carbonyl (C=O) groups is 1. The minimum absolute atomic E-state index is 0. The lowest BCUT2D eigenvalue weighted by Gasteiger charge is -1.92. The van der Waals surface area contributed by atoms with Gasteiger partial charge < -0.3 is 12.4 Å². The summed E-state index contributed by atoms with van der Waals surface area (Å²) in [7, 11) is 0. The van der Waals surface area contributed by atoms with Crippen LogP contribution in [0, 0.1) is 0 Å². The molecule has 0 amide bonds. The molecule has 0 radical (unpaired) electrons. The molecule has 0 aliphatic carbocycles. The van der Waals surface area contributed by atoms with Crippen LogP contribution in [0.3, 0.4) is 0 Å². The zero-order valence-electron chi connectivity index (χ0n) is 9.16. The smallest absolute Gasteiger partial charge is 0.191 e. The molecule has 2 nitrogen and oxygen atoms in total. The normalized spacial score (nSPS) is 9.88. The van der Waals surface area contributed by atoms with Crippen LogP contribution in [0.25, 0.3) is 6.20 Å². The number of aromatic nitrogens is 1. The molecular formula is C14H12ClNO. The van der Waals surface area contributed by atoms with Gasteiger partial charge in [0.1, 0.15) is 0 Å². The van der Waals surface area contributed by atoms with Gasteiger partial charge in [-0.15, -0.1) is 0 Å². The predicted molar refractivity (Wildman–Crippen MR) is 62.7 cm³/mol. The van der Waals surface area contributed by atoms with E-state index in [2.05, 4.69) is 0 Å². The van der Waals surface area contributed by atoms with Crippen molar-refractivity contribution in [3.8, 4) is 0 Å². The molecule has 2 rings (SSSR count). The summed E-state index contributed by atoms with van der Waals surface area (Å²) >= 11 is 0. The van der Waals surface area contributed by atoms with E-state index < -0.39 is 0 Å². The van der Waals surface area contributed by atoms with Crippen LogP contribution in [0.2, 0.25) is 0 Å². The van der Waals surface area contributed by atoms with Crippen molar-refractivity contribution < 1.29 is 21.8 Å². The van der Waals surface area contributed by atoms with Crippen LogP contribution in [-0.2, 0) is 0 Å². The second kappa shape index (κ2) is 6.61. The molecule has 17 heavy (non-hydrogen) atoms. The van der Waals surface area contributed by atoms with Gasteiger partial charge in [0, 0.05) is 17.7 Å². The lowest BCUT2D eigenvalue weighted by molar-refractivity contribution is -0.568. The number of hydrogen-bond donors (Lipinski definition) is 0. The first-order valence-electron chi connectivity index (χ1n) is 5.09. The summed E-state index contributed by atoms with van der Waals surface area (Å²) in [5, 5.41) is 0. The Bertz CT molecular complexity index is 494. The van der Waals surface area contributed by atoms with E-state index in [1.165, 1.54) is 0 Å². The third-order valence-corrected chi connectivity index (χ3v) is 2.19. The highest BCUT2D eigenvalue weighted by molar-refractivity contribution is 6.05. The molecule has 2 aromatic rings. The third-order valence-electron chi connectivity index (χ3n) is 2.19. The molecule has 0 spiro atoms. The number of ketones is 1. The fourth-order valence-corrected chi connectivity index (χ4v) is 1.36. The number of allylic oxidation sites excluding steroid dienone is 1. The van der Waals surface area contributed by atoms with Gasteiger partial charge in [0.05, 0.1) is 6.08 Å². The van der Waals surface area contributed by atoms with E-state index in [4.69, 9.17) is 0 Å². The van der Waals surface area contributed by atoms with Gasteiger partial charge in [-0.25, -0.2) is 0 Å². The zero-order chi connectivity index (χ0) is 11.2. The summed E-state index contributed by atoms with van der Waals surface area (Å²) in [6.07, 6.45) is 7.08. The number of carbonyl (C=O) groups excluding carboxylic acids is 1. The Morgan fingerprint density at radius 3 is 2.18 bits per heavy atom. The summed E-state index contributed by atoms with van der Waals surface area (Å²) < 4.78 is 1.83. The number of halogens is 1. The molecule has 3 heteroatoms. The van der Waals surface area contributed by atoms with Crippen molar-refractivity contribution in [2.24, 2.45) is 0 Å². The molecule has 0 aliphatic heterocycles. The van der Waals surface area contributed by atoms with Crippen LogP contribution in [-0.4, -0.2) is 5.78 Å². The van der Waals surface area contributed by atoms with Gasteiger partial charge in [-0.05, 0) is 0 Å². The van der Waals surface area contributed by atoms with Crippen molar-refractivity contribution in [3.63, 3.8) is 0 Å². The van der Waals surface area contributed by atoms with Crippen LogP contribution in [0.1, 0.15) is 10.4 Å². The number of benzene rings is 1. The highest BCUT2D eigenvalue weighted by Crippen LogP contribution is 2.00. The molecule has 86 valence electrons. The molecule has 0 bridgehead atoms. The van der Waals surface area contributed by atoms with Crippen molar-refractivity contribution in [3.05, 3.63) is 72.6 Å². The minimum Gasteiger partial charge on any atom is -1.00 e. The van der Waals surface area contributed by atoms with Crippen molar-refractivity contribution in [2.75, 3.05) is 0 Å². The summed E-state index contributed by atoms with van der Waals surface area (Å²) in [6, 6.07) is 15.0. The second-order valence-corrected chi connectivity index (χ2v) is 3.37. The summed E-state index contributed by atoms with van der Waals surface area (Å²) in [5.74, 6) is 0.0111. The van der Waals surface area contributed by atoms with Gasteiger partial charge in [-0.1, -0.05) is 36.4 Å². The Hall–Kier alpha value is -1.93. The Morgan fingerprint density at radius 1 is 0.941 bits per heavy atom. The van der Waals surface area contributed by atoms with Gasteiger partial charge in [0.25, 0.3) is 0 Å². The number of rotatable bonds is 3. The van der Waals surface area contributed by atoms with Gasteiger partial charge in [0.2, 0.25) is 0 Å². The van der Waals surface area contributed by atoms with Crippen molar-refractivity contribution in [2.45, 2.75) is 0 Å². The third kappa shape index (κ3) is 3.85. The minimum atomic E-state index is 0. The first-order chi connectivity index (χ1) is 7.86. The van der Waals surface area contributed by atoms with E-state index in [0.29, 0.717) is 5.56 Å². The van der Waals surface area contributed by atoms with E-state index in [1.807, 2.05) is 65.5 Å². The molecule has 0 saturated carbocycles. The Morgan fingerprint density at radius 2 is 1.53 bits per heavy atom. The fraction of sp³-hybridized carbons (Fsp3) is 0. The lowest BCUT2D eigenvalue weighted by Crippen LogP contribution is -3.00. The van der Waals surface area contributed by atoms with Crippen LogP contribution < -0.4 is 17.0 Å². The van der Waals surface area contributed by atoms with Gasteiger partial charge in [0.15, 0.2) is 24.4 Å². The Labute approximate surface area is 107 Å². The average Bonchev–Trinajstić information content (AvgIpc) is 2.38. The van der Waals surface area contributed by atoms with Crippen molar-refractivity contribution in [1.29, 1.82) is 0 Å². The van der Waals surface area contributed by atoms with E-state index in [1.54, 1.807) is 12.3 Å². The topological polar surface area (TPSA) is 20.9 Å². The Kier molecular flexibility index (Phi) is 5.11. The standard InChI is InChI=1S/C14H12NO.ClH/c16-14(13-7-3-1-4-8-13)9-12-15-10-5-2-6-11-15;/h1-12H;1H/q+1;/p-1/b12-9+;. The SMILES string of the molecule is O=C(/C=C/[n+]1ccccc1)c1ccccc1.[Cl-]. The zero-order valence-corrected chi connectivity index (χ0v) is 9.92. The summed E-state index contributed by atoms with van der Waals surface area (Å²) in [4.78, 5) is 11.7. The largest absolute Gasteiger partial charge is 1.00 e. The first kappa shape index (κ1) is 13.1. The van der Waals surface area contributed by atoms with Gasteiger partial charge in [-0.2, -0.15) is 4.57 Å². The van der Waals surface area contributed by atoms with Gasteiger partial charge >= 0.3 is 0 Å². The maximum atomic E-state index is 11.7. The molecule has 0 saturated heterocycles. The Balaban J connectivity index is 0.00000144. The predicted octanol–water partition coefficient (Wildman–Crippen LogP) is -0.668. The van der Waals surface area contributed by atoms with Crippen LogP contribution in [0.5, 0.6) is 0 Å². The number of nitrogens with zero attached hydrogens (tertiary/aromatic N) is 1. The van der Waals surface area contributed by atoms with E-state index >= 15 is 0 Å². The molecule has 0 aliphatic rings. The number of hydrogen-bond acceptors (Lipinski definition) is 1. The van der Waals surface area contributed by atoms with E-state index in [-0.39, 0.29) is 18.2 Å². The van der Waals surface area contributed by atoms with Crippen LogP contribution in [0.15, 0.2) is 67.0 Å². The molecular weight excluding hydrogens is 234 g/mol. The molecule has 0 fully saturated rings. The van der Waals surface area contributed by atoms with E-state index in [9.17, 15) is 4.79 Å². The monoisotopic (exact) mass is 245 g/mol. The van der Waals surface area contributed by atoms with Crippen molar-refractivity contribution >= 4 is 12.0 Å². The molecule has 1 heterocycles. The van der Waals surface area contributed by atoms with Crippen LogP contribution in [0.4, 0.5) is 0 Å². The second-order valence-electron chi connectivity index (χ2n) is 3.37. The lowest BCUT2D eigenvalue weighted by atomic mass is 10.1. The summed E-state index contributed by atoms with van der Waals surface area (Å²) in [5.41, 5.74) is 0.704. The molecule has 0 unspecified atom stereocenters. The maximum Gasteiger partial charge on any atom is 0.191 e. The quantitative estimate of drug-likeness (QED) is 0.399. The molecule has 0 N–H and O–H groups in total. The highest BCUT2D eigenvalue weighted by atomic mass is 35.5.